The molecule has 1 aromatic carbocycles. The number of aromatic nitrogens is 2. The Morgan fingerprint density at radius 1 is 1.09 bits per heavy atom. The van der Waals surface area contributed by atoms with Gasteiger partial charge in [-0.15, -0.1) is 17.0 Å². The van der Waals surface area contributed by atoms with Crippen molar-refractivity contribution in [1.29, 1.82) is 0 Å². The molecule has 3 aromatic rings. The molecule has 2 aromatic heterocycles. The van der Waals surface area contributed by atoms with Crippen LogP contribution in [-0.2, 0) is 0 Å². The quantitative estimate of drug-likeness (QED) is 0.665. The number of rotatable bonds is 3. The first-order valence-electron chi connectivity index (χ1n) is 6.49. The molecule has 116 valence electrons. The zero-order valence-corrected chi connectivity index (χ0v) is 14.9. The van der Waals surface area contributed by atoms with E-state index in [2.05, 4.69) is 4.98 Å². The van der Waals surface area contributed by atoms with Crippen molar-refractivity contribution in [3.8, 4) is 22.8 Å². The molecule has 0 radical (unpaired) electrons. The number of ether oxygens (including phenoxy) is 2. The Morgan fingerprint density at radius 3 is 2.50 bits per heavy atom. The summed E-state index contributed by atoms with van der Waals surface area (Å²) in [6, 6.07) is 7.65. The number of aryl methyl sites for hydroxylation is 1. The zero-order valence-electron chi connectivity index (χ0n) is 12.5. The van der Waals surface area contributed by atoms with Gasteiger partial charge in [0.2, 0.25) is 0 Å². The van der Waals surface area contributed by atoms with Crippen LogP contribution in [-0.4, -0.2) is 23.6 Å². The summed E-state index contributed by atoms with van der Waals surface area (Å²) < 4.78 is 12.6. The largest absolute Gasteiger partial charge is 0.496 e. The number of hydrogen-bond donors (Lipinski definition) is 0. The molecule has 0 aliphatic rings. The highest BCUT2D eigenvalue weighted by molar-refractivity contribution is 8.93. The standard InChI is InChI=1S/C16H15ClN2O2.BrH/c1-10-4-5-19-9-13(18-16(19)6-10)11-7-12(17)15(21-3)8-14(11)20-2;/h4-9H,1-3H3;1H. The van der Waals surface area contributed by atoms with Crippen LogP contribution in [0.15, 0.2) is 36.7 Å². The van der Waals surface area contributed by atoms with E-state index in [0.29, 0.717) is 16.5 Å². The van der Waals surface area contributed by atoms with E-state index in [1.807, 2.05) is 41.9 Å². The van der Waals surface area contributed by atoms with Gasteiger partial charge in [0.05, 0.1) is 24.9 Å². The Balaban J connectivity index is 0.00000176. The molecule has 0 aliphatic heterocycles. The molecule has 22 heavy (non-hydrogen) atoms. The minimum Gasteiger partial charge on any atom is -0.496 e. The Kier molecular flexibility index (Phi) is 4.98. The highest BCUT2D eigenvalue weighted by Crippen LogP contribution is 2.38. The van der Waals surface area contributed by atoms with Gasteiger partial charge in [0, 0.05) is 24.0 Å². The summed E-state index contributed by atoms with van der Waals surface area (Å²) in [7, 11) is 3.19. The molecular formula is C16H16BrClN2O2. The van der Waals surface area contributed by atoms with E-state index in [1.165, 1.54) is 5.56 Å². The molecule has 6 heteroatoms. The van der Waals surface area contributed by atoms with Crippen LogP contribution in [0.2, 0.25) is 5.02 Å². The first-order valence-corrected chi connectivity index (χ1v) is 6.87. The molecule has 3 rings (SSSR count). The predicted molar refractivity (Wildman–Crippen MR) is 93.8 cm³/mol. The van der Waals surface area contributed by atoms with Gasteiger partial charge in [0.1, 0.15) is 17.1 Å². The van der Waals surface area contributed by atoms with Crippen LogP contribution in [0.1, 0.15) is 5.56 Å². The molecule has 4 nitrogen and oxygen atoms in total. The minimum absolute atomic E-state index is 0. The summed E-state index contributed by atoms with van der Waals surface area (Å²) in [6.07, 6.45) is 3.94. The highest BCUT2D eigenvalue weighted by atomic mass is 79.9. The number of imidazole rings is 1. The fourth-order valence-electron chi connectivity index (χ4n) is 2.27. The number of nitrogens with zero attached hydrogens (tertiary/aromatic N) is 2. The normalized spacial score (nSPS) is 10.4. The Morgan fingerprint density at radius 2 is 1.82 bits per heavy atom. The van der Waals surface area contributed by atoms with Gasteiger partial charge in [0.25, 0.3) is 0 Å². The maximum absolute atomic E-state index is 6.22. The number of pyridine rings is 1. The van der Waals surface area contributed by atoms with Crippen LogP contribution < -0.4 is 9.47 Å². The van der Waals surface area contributed by atoms with Gasteiger partial charge in [-0.1, -0.05) is 11.6 Å². The summed E-state index contributed by atoms with van der Waals surface area (Å²) in [6.45, 7) is 2.04. The fourth-order valence-corrected chi connectivity index (χ4v) is 2.51. The summed E-state index contributed by atoms with van der Waals surface area (Å²) in [4.78, 5) is 4.63. The third-order valence-corrected chi connectivity index (χ3v) is 3.66. The molecule has 0 spiro atoms. The first-order chi connectivity index (χ1) is 10.1. The molecule has 0 aliphatic carbocycles. The molecule has 0 saturated heterocycles. The van der Waals surface area contributed by atoms with E-state index in [9.17, 15) is 0 Å². The van der Waals surface area contributed by atoms with Gasteiger partial charge in [-0.25, -0.2) is 4.98 Å². The van der Waals surface area contributed by atoms with Crippen molar-refractivity contribution in [3.05, 3.63) is 47.2 Å². The lowest BCUT2D eigenvalue weighted by molar-refractivity contribution is 0.395. The molecule has 2 heterocycles. The van der Waals surface area contributed by atoms with Crippen LogP contribution in [0.25, 0.3) is 16.9 Å². The molecule has 0 amide bonds. The maximum Gasteiger partial charge on any atom is 0.141 e. The summed E-state index contributed by atoms with van der Waals surface area (Å²) in [5.74, 6) is 1.26. The lowest BCUT2D eigenvalue weighted by atomic mass is 10.1. The highest BCUT2D eigenvalue weighted by Gasteiger charge is 2.14. The number of benzene rings is 1. The first kappa shape index (κ1) is 16.6. The molecule has 0 unspecified atom stereocenters. The Labute approximate surface area is 144 Å². The van der Waals surface area contributed by atoms with Crippen molar-refractivity contribution in [2.24, 2.45) is 0 Å². The fraction of sp³-hybridized carbons (Fsp3) is 0.188. The predicted octanol–water partition coefficient (Wildman–Crippen LogP) is 4.56. The van der Waals surface area contributed by atoms with E-state index in [0.717, 1.165) is 16.9 Å². The topological polar surface area (TPSA) is 35.8 Å². The van der Waals surface area contributed by atoms with Gasteiger partial charge in [-0.3, -0.25) is 0 Å². The minimum atomic E-state index is 0. The Hall–Kier alpha value is -1.72. The monoisotopic (exact) mass is 382 g/mol. The van der Waals surface area contributed by atoms with Crippen LogP contribution >= 0.6 is 28.6 Å². The van der Waals surface area contributed by atoms with Gasteiger partial charge >= 0.3 is 0 Å². The van der Waals surface area contributed by atoms with E-state index < -0.39 is 0 Å². The second kappa shape index (κ2) is 6.58. The summed E-state index contributed by atoms with van der Waals surface area (Å²) in [5.41, 5.74) is 3.70. The van der Waals surface area contributed by atoms with Crippen LogP contribution in [0.5, 0.6) is 11.5 Å². The van der Waals surface area contributed by atoms with Gasteiger partial charge in [-0.05, 0) is 30.7 Å². The van der Waals surface area contributed by atoms with Crippen LogP contribution in [0.4, 0.5) is 0 Å². The van der Waals surface area contributed by atoms with E-state index in [4.69, 9.17) is 21.1 Å². The van der Waals surface area contributed by atoms with Crippen molar-refractivity contribution >= 4 is 34.2 Å². The van der Waals surface area contributed by atoms with Crippen LogP contribution in [0.3, 0.4) is 0 Å². The second-order valence-electron chi connectivity index (χ2n) is 4.78. The van der Waals surface area contributed by atoms with Crippen molar-refractivity contribution in [3.63, 3.8) is 0 Å². The smallest absolute Gasteiger partial charge is 0.141 e. The lowest BCUT2D eigenvalue weighted by Gasteiger charge is -2.10. The average molecular weight is 384 g/mol. The Bertz CT molecular complexity index is 817. The van der Waals surface area contributed by atoms with E-state index >= 15 is 0 Å². The number of halogens is 2. The third kappa shape index (κ3) is 2.91. The van der Waals surface area contributed by atoms with Gasteiger partial charge in [0.15, 0.2) is 0 Å². The molecule has 0 N–H and O–H groups in total. The average Bonchev–Trinajstić information content (AvgIpc) is 2.89. The molecule has 0 saturated carbocycles. The lowest BCUT2D eigenvalue weighted by Crippen LogP contribution is -1.91. The SMILES string of the molecule is Br.COc1cc(OC)c(-c2cn3ccc(C)cc3n2)cc1Cl. The van der Waals surface area contributed by atoms with Crippen LogP contribution in [0, 0.1) is 6.92 Å². The number of fused-ring (bicyclic) bond motifs is 1. The number of methoxy groups -OCH3 is 2. The van der Waals surface area contributed by atoms with Gasteiger partial charge < -0.3 is 13.9 Å². The van der Waals surface area contributed by atoms with Crippen molar-refractivity contribution in [2.45, 2.75) is 6.92 Å². The molecule has 0 atom stereocenters. The van der Waals surface area contributed by atoms with Crippen molar-refractivity contribution in [1.82, 2.24) is 9.38 Å². The van der Waals surface area contributed by atoms with Crippen molar-refractivity contribution < 1.29 is 9.47 Å². The molecule has 0 fully saturated rings. The van der Waals surface area contributed by atoms with Crippen molar-refractivity contribution in [2.75, 3.05) is 14.2 Å². The molecule has 0 bridgehead atoms. The van der Waals surface area contributed by atoms with E-state index in [1.54, 1.807) is 20.3 Å². The second-order valence-corrected chi connectivity index (χ2v) is 5.19. The van der Waals surface area contributed by atoms with E-state index in [-0.39, 0.29) is 17.0 Å². The third-order valence-electron chi connectivity index (χ3n) is 3.37. The maximum atomic E-state index is 6.22. The zero-order chi connectivity index (χ0) is 15.0. The number of hydrogen-bond acceptors (Lipinski definition) is 3. The molecular weight excluding hydrogens is 368 g/mol. The summed E-state index contributed by atoms with van der Waals surface area (Å²) in [5, 5.41) is 0.529. The van der Waals surface area contributed by atoms with Gasteiger partial charge in [-0.2, -0.15) is 0 Å². The summed E-state index contributed by atoms with van der Waals surface area (Å²) >= 11 is 6.22.